The average molecular weight is 307 g/mol. The Kier molecular flexibility index (Phi) is 11.5. The molecule has 0 saturated carbocycles. The summed E-state index contributed by atoms with van der Waals surface area (Å²) in [7, 11) is 0. The van der Waals surface area contributed by atoms with Crippen LogP contribution >= 0.6 is 0 Å². The zero-order valence-corrected chi connectivity index (χ0v) is 12.7. The van der Waals surface area contributed by atoms with E-state index in [1.807, 2.05) is 6.08 Å². The van der Waals surface area contributed by atoms with Gasteiger partial charge in [-0.25, -0.2) is 0 Å². The second-order valence-electron chi connectivity index (χ2n) is 5.45. The van der Waals surface area contributed by atoms with Crippen LogP contribution in [0, 0.1) is 5.92 Å². The topological polar surface area (TPSA) is 122 Å². The van der Waals surface area contributed by atoms with Gasteiger partial charge >= 0.3 is 0 Å². The third-order valence-electron chi connectivity index (χ3n) is 3.00. The van der Waals surface area contributed by atoms with Crippen LogP contribution in [0.4, 0.5) is 0 Å². The Morgan fingerprint density at radius 1 is 1.05 bits per heavy atom. The van der Waals surface area contributed by atoms with E-state index in [-0.39, 0.29) is 6.61 Å². The fourth-order valence-corrected chi connectivity index (χ4v) is 1.62. The van der Waals surface area contributed by atoms with Crippen LogP contribution in [0.2, 0.25) is 0 Å². The molecule has 0 radical (unpaired) electrons. The first kappa shape index (κ1) is 20.3. The molecule has 4 atom stereocenters. The van der Waals surface area contributed by atoms with E-state index in [1.165, 1.54) is 0 Å². The molecule has 0 aliphatic carbocycles. The predicted molar refractivity (Wildman–Crippen MR) is 78.0 cm³/mol. The van der Waals surface area contributed by atoms with Crippen LogP contribution in [0.5, 0.6) is 0 Å². The number of aliphatic hydroxyl groups excluding tert-OH is 5. The number of rotatable bonds is 12. The maximum absolute atomic E-state index is 9.54. The van der Waals surface area contributed by atoms with E-state index < -0.39 is 31.0 Å². The molecule has 7 nitrogen and oxygen atoms in total. The fraction of sp³-hybridized carbons (Fsp3) is 0.857. The van der Waals surface area contributed by atoms with Crippen LogP contribution in [-0.4, -0.2) is 63.2 Å². The molecular weight excluding hydrogens is 278 g/mol. The van der Waals surface area contributed by atoms with E-state index in [0.29, 0.717) is 5.92 Å². The van der Waals surface area contributed by atoms with Crippen LogP contribution in [-0.2, 0) is 4.84 Å². The number of hydrogen-bond acceptors (Lipinski definition) is 7. The van der Waals surface area contributed by atoms with Crippen LogP contribution < -0.4 is 5.48 Å². The number of allylic oxidation sites excluding steroid dienone is 1. The monoisotopic (exact) mass is 307 g/mol. The minimum absolute atomic E-state index is 0.271. The molecule has 126 valence electrons. The molecule has 7 heteroatoms. The van der Waals surface area contributed by atoms with Crippen molar-refractivity contribution in [2.45, 2.75) is 57.5 Å². The predicted octanol–water partition coefficient (Wildman–Crippen LogP) is -0.717. The van der Waals surface area contributed by atoms with Gasteiger partial charge < -0.3 is 25.5 Å². The molecule has 0 unspecified atom stereocenters. The summed E-state index contributed by atoms with van der Waals surface area (Å²) in [5.74, 6) is 0.681. The van der Waals surface area contributed by atoms with Crippen molar-refractivity contribution in [3.8, 4) is 0 Å². The highest BCUT2D eigenvalue weighted by Gasteiger charge is 2.30. The number of hydrogen-bond donors (Lipinski definition) is 6. The number of hydroxylamine groups is 1. The van der Waals surface area contributed by atoms with Gasteiger partial charge in [0.25, 0.3) is 0 Å². The Bertz CT molecular complexity index is 274. The van der Waals surface area contributed by atoms with Crippen molar-refractivity contribution >= 4 is 0 Å². The molecule has 0 fully saturated rings. The van der Waals surface area contributed by atoms with E-state index in [9.17, 15) is 15.3 Å². The second-order valence-corrected chi connectivity index (χ2v) is 5.45. The van der Waals surface area contributed by atoms with Crippen molar-refractivity contribution in [3.63, 3.8) is 0 Å². The van der Waals surface area contributed by atoms with E-state index in [1.54, 1.807) is 6.20 Å². The number of aliphatic hydroxyl groups is 5. The van der Waals surface area contributed by atoms with Crippen molar-refractivity contribution in [2.24, 2.45) is 5.92 Å². The quantitative estimate of drug-likeness (QED) is 0.208. The third kappa shape index (κ3) is 9.78. The number of nitrogens with one attached hydrogen (secondary N) is 1. The second kappa shape index (κ2) is 11.9. The Labute approximate surface area is 125 Å². The van der Waals surface area contributed by atoms with E-state index in [2.05, 4.69) is 19.3 Å². The molecule has 0 aromatic heterocycles. The Morgan fingerprint density at radius 3 is 2.24 bits per heavy atom. The van der Waals surface area contributed by atoms with Crippen LogP contribution in [0.15, 0.2) is 12.3 Å². The molecule has 0 bridgehead atoms. The van der Waals surface area contributed by atoms with Gasteiger partial charge in [0.15, 0.2) is 0 Å². The van der Waals surface area contributed by atoms with Gasteiger partial charge in [-0.15, -0.1) is 0 Å². The van der Waals surface area contributed by atoms with Crippen molar-refractivity contribution < 1.29 is 30.4 Å². The summed E-state index contributed by atoms with van der Waals surface area (Å²) in [6, 6.07) is 0. The summed E-state index contributed by atoms with van der Waals surface area (Å²) in [5, 5.41) is 46.2. The summed E-state index contributed by atoms with van der Waals surface area (Å²) >= 11 is 0. The van der Waals surface area contributed by atoms with Crippen molar-refractivity contribution in [3.05, 3.63) is 12.3 Å². The van der Waals surface area contributed by atoms with Gasteiger partial charge in [-0.3, -0.25) is 10.3 Å². The van der Waals surface area contributed by atoms with Gasteiger partial charge in [-0.2, -0.15) is 0 Å². The normalized spacial score (nSPS) is 17.9. The van der Waals surface area contributed by atoms with E-state index in [0.717, 1.165) is 19.3 Å². The molecule has 0 rings (SSSR count). The minimum atomic E-state index is -1.64. The summed E-state index contributed by atoms with van der Waals surface area (Å²) in [4.78, 5) is 4.91. The molecule has 0 saturated heterocycles. The van der Waals surface area contributed by atoms with Crippen LogP contribution in [0.25, 0.3) is 0 Å². The molecule has 21 heavy (non-hydrogen) atoms. The van der Waals surface area contributed by atoms with Gasteiger partial charge in [0, 0.05) is 6.20 Å². The summed E-state index contributed by atoms with van der Waals surface area (Å²) < 4.78 is 0. The van der Waals surface area contributed by atoms with Gasteiger partial charge in [0.05, 0.1) is 6.61 Å². The van der Waals surface area contributed by atoms with Gasteiger partial charge in [0.2, 0.25) is 0 Å². The maximum Gasteiger partial charge on any atom is 0.111 e. The number of unbranched alkanes of at least 4 members (excludes halogenated alkanes) is 1. The van der Waals surface area contributed by atoms with Gasteiger partial charge in [-0.05, 0) is 18.8 Å². The highest BCUT2D eigenvalue weighted by Crippen LogP contribution is 2.06. The van der Waals surface area contributed by atoms with Crippen molar-refractivity contribution in [1.82, 2.24) is 5.48 Å². The lowest BCUT2D eigenvalue weighted by molar-refractivity contribution is -0.134. The lowest BCUT2D eigenvalue weighted by Gasteiger charge is -2.25. The van der Waals surface area contributed by atoms with Gasteiger partial charge in [-0.1, -0.05) is 26.3 Å². The highest BCUT2D eigenvalue weighted by molar-refractivity contribution is 4.81. The lowest BCUT2D eigenvalue weighted by Crippen LogP contribution is -2.47. The van der Waals surface area contributed by atoms with E-state index in [4.69, 9.17) is 15.1 Å². The molecule has 0 aromatic rings. The zero-order valence-electron chi connectivity index (χ0n) is 12.7. The molecule has 6 N–H and O–H groups in total. The Hall–Kier alpha value is -0.700. The molecule has 0 heterocycles. The molecule has 0 aliphatic rings. The first-order chi connectivity index (χ1) is 9.90. The summed E-state index contributed by atoms with van der Waals surface area (Å²) in [5.41, 5.74) is 2.50. The molecule has 0 aromatic carbocycles. The highest BCUT2D eigenvalue weighted by atomic mass is 16.6. The lowest BCUT2D eigenvalue weighted by atomic mass is 10.0. The maximum atomic E-state index is 9.54. The molecular formula is C14H29NO6. The SMILES string of the molecule is CC(C)CCCC=CNOC[C@H](O)[C@@H](O)[C@H](O)[C@H](O)CO. The average Bonchev–Trinajstić information content (AvgIpc) is 2.46. The summed E-state index contributed by atoms with van der Waals surface area (Å²) in [6.07, 6.45) is 0.509. The fourth-order valence-electron chi connectivity index (χ4n) is 1.62. The van der Waals surface area contributed by atoms with Crippen molar-refractivity contribution in [2.75, 3.05) is 13.2 Å². The van der Waals surface area contributed by atoms with Crippen LogP contribution in [0.3, 0.4) is 0 Å². The van der Waals surface area contributed by atoms with Gasteiger partial charge in [0.1, 0.15) is 31.0 Å². The Morgan fingerprint density at radius 2 is 1.67 bits per heavy atom. The standard InChI is InChI=1S/C14H29NO6/c1-10(2)6-4-3-5-7-15-21-9-12(18)14(20)13(19)11(17)8-16/h5,7,10-20H,3-4,6,8-9H2,1-2H3/t11-,12+,13-,14-/m1/s1. The molecule has 0 spiro atoms. The summed E-state index contributed by atoms with van der Waals surface area (Å²) in [6.45, 7) is 3.36. The van der Waals surface area contributed by atoms with Crippen molar-refractivity contribution in [1.29, 1.82) is 0 Å². The van der Waals surface area contributed by atoms with E-state index >= 15 is 0 Å². The first-order valence-corrected chi connectivity index (χ1v) is 7.25. The minimum Gasteiger partial charge on any atom is -0.394 e. The molecule has 0 aliphatic heterocycles. The zero-order chi connectivity index (χ0) is 16.3. The molecule has 0 amide bonds. The largest absolute Gasteiger partial charge is 0.394 e. The first-order valence-electron chi connectivity index (χ1n) is 7.25. The smallest absolute Gasteiger partial charge is 0.111 e. The third-order valence-corrected chi connectivity index (χ3v) is 3.00. The Balaban J connectivity index is 3.74. The van der Waals surface area contributed by atoms with Crippen LogP contribution in [0.1, 0.15) is 33.1 Å².